The molecule has 0 N–H and O–H groups in total. The molecule has 0 radical (unpaired) electrons. The normalized spacial score (nSPS) is 24.6. The van der Waals surface area contributed by atoms with Crippen molar-refractivity contribution >= 4 is 23.3 Å². The van der Waals surface area contributed by atoms with Crippen LogP contribution in [0.2, 0.25) is 5.02 Å². The molecule has 1 heterocycles. The smallest absolute Gasteiger partial charge is 0.325 e. The van der Waals surface area contributed by atoms with Crippen molar-refractivity contribution in [3.05, 3.63) is 64.9 Å². The molecular weight excluding hydrogens is 367 g/mol. The maximum atomic E-state index is 13.4. The summed E-state index contributed by atoms with van der Waals surface area (Å²) in [4.78, 5) is 17.0. The van der Waals surface area contributed by atoms with E-state index in [1.807, 2.05) is 40.1 Å². The maximum absolute atomic E-state index is 13.4. The number of nitrogens with zero attached hydrogens (tertiary/aromatic N) is 2. The molecule has 3 atom stereocenters. The van der Waals surface area contributed by atoms with E-state index in [1.165, 1.54) is 12.1 Å². The van der Waals surface area contributed by atoms with Gasteiger partial charge < -0.3 is 9.64 Å². The van der Waals surface area contributed by atoms with Crippen LogP contribution in [0.15, 0.2) is 48.5 Å². The van der Waals surface area contributed by atoms with E-state index in [0.717, 1.165) is 24.1 Å². The van der Waals surface area contributed by atoms with Crippen LogP contribution in [0.5, 0.6) is 0 Å². The van der Waals surface area contributed by atoms with Crippen molar-refractivity contribution in [3.63, 3.8) is 0 Å². The molecule has 4 nitrogen and oxygen atoms in total. The Kier molecular flexibility index (Phi) is 5.06. The average Bonchev–Trinajstić information content (AvgIpc) is 3.19. The van der Waals surface area contributed by atoms with Gasteiger partial charge in [0.15, 0.2) is 0 Å². The first-order valence-electron chi connectivity index (χ1n) is 9.20. The summed E-state index contributed by atoms with van der Waals surface area (Å²) < 4.78 is 18.6. The highest BCUT2D eigenvalue weighted by Crippen LogP contribution is 2.47. The molecule has 0 unspecified atom stereocenters. The standard InChI is InChI=1S/C21H22ClFN2O2/c1-27-13-12-24-19-11-10-16(14-6-8-15(23)9-7-14)20(19)25(21(24)26)18-5-3-2-4-17(18)22/h2-9,16,19-20H,10-13H2,1H3/t16-,19-,20+/m0/s1. The Bertz CT molecular complexity index is 829. The molecule has 0 aromatic heterocycles. The number of fused-ring (bicyclic) bond motifs is 1. The average molecular weight is 389 g/mol. The molecule has 4 rings (SSSR count). The van der Waals surface area contributed by atoms with E-state index < -0.39 is 0 Å². The largest absolute Gasteiger partial charge is 0.383 e. The number of hydrogen-bond donors (Lipinski definition) is 0. The van der Waals surface area contributed by atoms with Crippen LogP contribution in [-0.4, -0.2) is 43.3 Å². The van der Waals surface area contributed by atoms with Gasteiger partial charge in [-0.3, -0.25) is 4.90 Å². The highest BCUT2D eigenvalue weighted by atomic mass is 35.5. The van der Waals surface area contributed by atoms with Gasteiger partial charge >= 0.3 is 6.03 Å². The lowest BCUT2D eigenvalue weighted by Gasteiger charge is -2.28. The molecule has 142 valence electrons. The Hall–Kier alpha value is -2.11. The number of rotatable bonds is 5. The van der Waals surface area contributed by atoms with Crippen molar-refractivity contribution in [1.29, 1.82) is 0 Å². The topological polar surface area (TPSA) is 32.8 Å². The minimum atomic E-state index is -0.250. The van der Waals surface area contributed by atoms with Crippen molar-refractivity contribution in [2.75, 3.05) is 25.2 Å². The van der Waals surface area contributed by atoms with E-state index in [9.17, 15) is 9.18 Å². The zero-order valence-electron chi connectivity index (χ0n) is 15.1. The van der Waals surface area contributed by atoms with Crippen LogP contribution in [0.3, 0.4) is 0 Å². The Morgan fingerprint density at radius 3 is 2.59 bits per heavy atom. The van der Waals surface area contributed by atoms with E-state index >= 15 is 0 Å². The summed E-state index contributed by atoms with van der Waals surface area (Å²) in [6, 6.07) is 14.1. The fourth-order valence-electron chi connectivity index (χ4n) is 4.50. The number of para-hydroxylation sites is 1. The maximum Gasteiger partial charge on any atom is 0.325 e. The molecule has 0 bridgehead atoms. The van der Waals surface area contributed by atoms with Gasteiger partial charge in [-0.15, -0.1) is 0 Å². The number of methoxy groups -OCH3 is 1. The summed E-state index contributed by atoms with van der Waals surface area (Å²) in [5, 5.41) is 0.558. The first-order chi connectivity index (χ1) is 13.1. The van der Waals surface area contributed by atoms with Gasteiger partial charge in [-0.05, 0) is 42.7 Å². The van der Waals surface area contributed by atoms with E-state index in [1.54, 1.807) is 13.2 Å². The van der Waals surface area contributed by atoms with Gasteiger partial charge in [0.25, 0.3) is 0 Å². The second kappa shape index (κ2) is 7.49. The van der Waals surface area contributed by atoms with Crippen molar-refractivity contribution in [2.24, 2.45) is 0 Å². The predicted octanol–water partition coefficient (Wildman–Crippen LogP) is 4.68. The van der Waals surface area contributed by atoms with E-state index in [2.05, 4.69) is 0 Å². The summed E-state index contributed by atoms with van der Waals surface area (Å²) in [6.07, 6.45) is 1.85. The summed E-state index contributed by atoms with van der Waals surface area (Å²) in [5.74, 6) is -0.108. The molecule has 2 fully saturated rings. The Balaban J connectivity index is 1.74. The van der Waals surface area contributed by atoms with Gasteiger partial charge in [-0.1, -0.05) is 35.9 Å². The zero-order valence-corrected chi connectivity index (χ0v) is 15.9. The van der Waals surface area contributed by atoms with Crippen molar-refractivity contribution in [3.8, 4) is 0 Å². The third-order valence-electron chi connectivity index (χ3n) is 5.68. The zero-order chi connectivity index (χ0) is 19.0. The number of ether oxygens (including phenoxy) is 1. The van der Waals surface area contributed by atoms with Crippen LogP contribution < -0.4 is 4.90 Å². The Morgan fingerprint density at radius 1 is 1.15 bits per heavy atom. The van der Waals surface area contributed by atoms with Crippen molar-refractivity contribution in [2.45, 2.75) is 30.8 Å². The molecule has 1 aliphatic carbocycles. The summed E-state index contributed by atoms with van der Waals surface area (Å²) in [5.41, 5.74) is 1.79. The predicted molar refractivity (Wildman–Crippen MR) is 104 cm³/mol. The number of hydrogen-bond acceptors (Lipinski definition) is 2. The molecule has 2 aromatic rings. The molecule has 6 heteroatoms. The number of carbonyl (C=O) groups excluding carboxylic acids is 1. The first kappa shape index (κ1) is 18.3. The lowest BCUT2D eigenvalue weighted by molar-refractivity contribution is 0.146. The monoisotopic (exact) mass is 388 g/mol. The van der Waals surface area contributed by atoms with Gasteiger partial charge in [-0.25, -0.2) is 9.18 Å². The van der Waals surface area contributed by atoms with Gasteiger partial charge in [0.2, 0.25) is 0 Å². The summed E-state index contributed by atoms with van der Waals surface area (Å²) in [6.45, 7) is 1.04. The second-order valence-corrected chi connectivity index (χ2v) is 7.49. The quantitative estimate of drug-likeness (QED) is 0.744. The van der Waals surface area contributed by atoms with Crippen LogP contribution in [-0.2, 0) is 4.74 Å². The highest BCUT2D eigenvalue weighted by molar-refractivity contribution is 6.33. The fraction of sp³-hybridized carbons (Fsp3) is 0.381. The van der Waals surface area contributed by atoms with Crippen LogP contribution in [0.4, 0.5) is 14.9 Å². The summed E-state index contributed by atoms with van der Waals surface area (Å²) in [7, 11) is 1.64. The van der Waals surface area contributed by atoms with Crippen LogP contribution in [0, 0.1) is 5.82 Å². The molecule has 0 spiro atoms. The second-order valence-electron chi connectivity index (χ2n) is 7.08. The van der Waals surface area contributed by atoms with E-state index in [4.69, 9.17) is 16.3 Å². The first-order valence-corrected chi connectivity index (χ1v) is 9.58. The number of benzene rings is 2. The minimum Gasteiger partial charge on any atom is -0.383 e. The Labute approximate surface area is 163 Å². The van der Waals surface area contributed by atoms with Gasteiger partial charge in [0.1, 0.15) is 5.82 Å². The molecule has 2 amide bonds. The Morgan fingerprint density at radius 2 is 1.89 bits per heavy atom. The third-order valence-corrected chi connectivity index (χ3v) is 6.00. The highest BCUT2D eigenvalue weighted by Gasteiger charge is 2.53. The van der Waals surface area contributed by atoms with Crippen LogP contribution >= 0.6 is 11.6 Å². The van der Waals surface area contributed by atoms with E-state index in [0.29, 0.717) is 18.2 Å². The fourth-order valence-corrected chi connectivity index (χ4v) is 4.72. The number of urea groups is 1. The van der Waals surface area contributed by atoms with E-state index in [-0.39, 0.29) is 29.8 Å². The molecular formula is C21H22ClFN2O2. The number of carbonyl (C=O) groups is 1. The molecule has 27 heavy (non-hydrogen) atoms. The van der Waals surface area contributed by atoms with Gasteiger partial charge in [0.05, 0.1) is 29.4 Å². The molecule has 1 saturated heterocycles. The third kappa shape index (κ3) is 3.19. The van der Waals surface area contributed by atoms with Crippen LogP contribution in [0.1, 0.15) is 24.3 Å². The van der Waals surface area contributed by atoms with Crippen LogP contribution in [0.25, 0.3) is 0 Å². The molecule has 2 aromatic carbocycles. The number of anilines is 1. The molecule has 1 saturated carbocycles. The minimum absolute atomic E-state index is 0.0280. The molecule has 2 aliphatic rings. The van der Waals surface area contributed by atoms with Gasteiger partial charge in [-0.2, -0.15) is 0 Å². The number of halogens is 2. The van der Waals surface area contributed by atoms with Crippen molar-refractivity contribution in [1.82, 2.24) is 4.90 Å². The summed E-state index contributed by atoms with van der Waals surface area (Å²) >= 11 is 6.44. The number of amides is 2. The van der Waals surface area contributed by atoms with Gasteiger partial charge in [0, 0.05) is 19.6 Å². The molecule has 1 aliphatic heterocycles. The lowest BCUT2D eigenvalue weighted by atomic mass is 9.92. The van der Waals surface area contributed by atoms with Crippen molar-refractivity contribution < 1.29 is 13.9 Å². The SMILES string of the molecule is COCCN1C(=O)N(c2ccccc2Cl)[C@@H]2[C@H](c3ccc(F)cc3)CC[C@@H]21. The lowest BCUT2D eigenvalue weighted by Crippen LogP contribution is -2.38.